The molecule has 6 heteroatoms. The molecule has 1 fully saturated rings. The molecule has 1 aliphatic heterocycles. The molecule has 1 saturated heterocycles. The molecule has 0 saturated carbocycles. The fourth-order valence-corrected chi connectivity index (χ4v) is 4.77. The summed E-state index contributed by atoms with van der Waals surface area (Å²) in [5.74, 6) is 0.368. The summed E-state index contributed by atoms with van der Waals surface area (Å²) in [5, 5.41) is 3.46. The number of piperidine rings is 1. The van der Waals surface area contributed by atoms with E-state index in [1.165, 1.54) is 0 Å². The SMILES string of the molecule is CNC[C@@H]1CCCN(S(=O)(=O)c2cccc(C)c2Cl)C1. The lowest BCUT2D eigenvalue weighted by molar-refractivity contribution is 0.263. The smallest absolute Gasteiger partial charge is 0.244 e. The van der Waals surface area contributed by atoms with Gasteiger partial charge in [-0.2, -0.15) is 4.31 Å². The molecule has 4 nitrogen and oxygen atoms in total. The van der Waals surface area contributed by atoms with Crippen molar-refractivity contribution in [1.82, 2.24) is 9.62 Å². The molecule has 1 N–H and O–H groups in total. The van der Waals surface area contributed by atoms with Crippen LogP contribution in [0.15, 0.2) is 23.1 Å². The van der Waals surface area contributed by atoms with E-state index in [9.17, 15) is 8.42 Å². The third kappa shape index (κ3) is 3.17. The molecule has 1 atom stereocenters. The number of benzene rings is 1. The van der Waals surface area contributed by atoms with Crippen LogP contribution in [0.25, 0.3) is 0 Å². The first kappa shape index (κ1) is 15.8. The summed E-state index contributed by atoms with van der Waals surface area (Å²) in [6.45, 7) is 3.80. The molecular weight excluding hydrogens is 296 g/mol. The van der Waals surface area contributed by atoms with Crippen LogP contribution in [0, 0.1) is 12.8 Å². The Bertz CT molecular complexity index is 573. The highest BCUT2D eigenvalue weighted by Gasteiger charge is 2.31. The van der Waals surface area contributed by atoms with Crippen LogP contribution < -0.4 is 5.32 Å². The molecule has 0 unspecified atom stereocenters. The Balaban J connectivity index is 2.28. The van der Waals surface area contributed by atoms with Crippen molar-refractivity contribution in [2.24, 2.45) is 5.92 Å². The monoisotopic (exact) mass is 316 g/mol. The van der Waals surface area contributed by atoms with Crippen LogP contribution in [0.1, 0.15) is 18.4 Å². The van der Waals surface area contributed by atoms with E-state index in [-0.39, 0.29) is 4.90 Å². The van der Waals surface area contributed by atoms with Gasteiger partial charge in [-0.05, 0) is 50.9 Å². The van der Waals surface area contributed by atoms with E-state index in [0.29, 0.717) is 24.0 Å². The largest absolute Gasteiger partial charge is 0.319 e. The minimum Gasteiger partial charge on any atom is -0.319 e. The number of hydrogen-bond acceptors (Lipinski definition) is 3. The maximum Gasteiger partial charge on any atom is 0.244 e. The van der Waals surface area contributed by atoms with Crippen LogP contribution in [-0.4, -0.2) is 39.4 Å². The summed E-state index contributed by atoms with van der Waals surface area (Å²) >= 11 is 6.18. The number of halogens is 1. The molecule has 2 rings (SSSR count). The molecule has 0 aromatic heterocycles. The van der Waals surface area contributed by atoms with Crippen molar-refractivity contribution in [3.05, 3.63) is 28.8 Å². The lowest BCUT2D eigenvalue weighted by Crippen LogP contribution is -2.42. The second kappa shape index (κ2) is 6.43. The number of hydrogen-bond donors (Lipinski definition) is 1. The van der Waals surface area contributed by atoms with Crippen molar-refractivity contribution >= 4 is 21.6 Å². The van der Waals surface area contributed by atoms with Gasteiger partial charge in [0.2, 0.25) is 10.0 Å². The fourth-order valence-electron chi connectivity index (χ4n) is 2.66. The topological polar surface area (TPSA) is 49.4 Å². The zero-order chi connectivity index (χ0) is 14.8. The van der Waals surface area contributed by atoms with Gasteiger partial charge in [-0.25, -0.2) is 8.42 Å². The van der Waals surface area contributed by atoms with Gasteiger partial charge in [0.1, 0.15) is 4.90 Å². The Morgan fingerprint density at radius 1 is 1.45 bits per heavy atom. The van der Waals surface area contributed by atoms with E-state index in [0.717, 1.165) is 24.9 Å². The van der Waals surface area contributed by atoms with Crippen molar-refractivity contribution in [2.75, 3.05) is 26.7 Å². The highest BCUT2D eigenvalue weighted by molar-refractivity contribution is 7.89. The number of aryl methyl sites for hydroxylation is 1. The first-order chi connectivity index (χ1) is 9.46. The van der Waals surface area contributed by atoms with E-state index < -0.39 is 10.0 Å². The Morgan fingerprint density at radius 3 is 2.90 bits per heavy atom. The maximum absolute atomic E-state index is 12.7. The number of nitrogens with one attached hydrogen (secondary N) is 1. The third-order valence-electron chi connectivity index (χ3n) is 3.75. The van der Waals surface area contributed by atoms with Gasteiger partial charge in [-0.1, -0.05) is 23.7 Å². The number of sulfonamides is 1. The highest BCUT2D eigenvalue weighted by Crippen LogP contribution is 2.29. The van der Waals surface area contributed by atoms with E-state index in [2.05, 4.69) is 5.32 Å². The van der Waals surface area contributed by atoms with Crippen molar-refractivity contribution < 1.29 is 8.42 Å². The summed E-state index contributed by atoms with van der Waals surface area (Å²) in [6, 6.07) is 5.15. The van der Waals surface area contributed by atoms with Gasteiger partial charge in [0.25, 0.3) is 0 Å². The van der Waals surface area contributed by atoms with Gasteiger partial charge in [-0.15, -0.1) is 0 Å². The Kier molecular flexibility index (Phi) is 5.07. The van der Waals surface area contributed by atoms with Crippen LogP contribution >= 0.6 is 11.6 Å². The van der Waals surface area contributed by atoms with Crippen molar-refractivity contribution in [1.29, 1.82) is 0 Å². The predicted molar refractivity (Wildman–Crippen MR) is 81.6 cm³/mol. The van der Waals surface area contributed by atoms with Crippen LogP contribution in [0.5, 0.6) is 0 Å². The summed E-state index contributed by atoms with van der Waals surface area (Å²) in [5.41, 5.74) is 0.788. The van der Waals surface area contributed by atoms with Gasteiger partial charge in [0.15, 0.2) is 0 Å². The summed E-state index contributed by atoms with van der Waals surface area (Å²) in [7, 11) is -1.60. The van der Waals surface area contributed by atoms with Crippen molar-refractivity contribution in [3.63, 3.8) is 0 Å². The molecule has 1 aromatic rings. The highest BCUT2D eigenvalue weighted by atomic mass is 35.5. The standard InChI is InChI=1S/C14H21ClN2O2S/c1-11-5-3-7-13(14(11)15)20(18,19)17-8-4-6-12(10-17)9-16-2/h3,5,7,12,16H,4,6,8-10H2,1-2H3/t12-/m0/s1. The molecule has 0 spiro atoms. The summed E-state index contributed by atoms with van der Waals surface area (Å²) < 4.78 is 27.0. The molecule has 1 heterocycles. The minimum absolute atomic E-state index is 0.226. The van der Waals surface area contributed by atoms with Crippen LogP contribution in [0.2, 0.25) is 5.02 Å². The molecule has 1 aliphatic rings. The first-order valence-corrected chi connectivity index (χ1v) is 8.68. The lowest BCUT2D eigenvalue weighted by Gasteiger charge is -2.32. The molecule has 20 heavy (non-hydrogen) atoms. The van der Waals surface area contributed by atoms with Crippen LogP contribution in [-0.2, 0) is 10.0 Å². The molecule has 1 aromatic carbocycles. The second-order valence-electron chi connectivity index (χ2n) is 5.32. The van der Waals surface area contributed by atoms with Crippen LogP contribution in [0.4, 0.5) is 0 Å². The number of rotatable bonds is 4. The van der Waals surface area contributed by atoms with Gasteiger partial charge in [-0.3, -0.25) is 0 Å². The lowest BCUT2D eigenvalue weighted by atomic mass is 10.00. The number of nitrogens with zero attached hydrogens (tertiary/aromatic N) is 1. The summed E-state index contributed by atoms with van der Waals surface area (Å²) in [6.07, 6.45) is 1.96. The molecule has 0 amide bonds. The Morgan fingerprint density at radius 2 is 2.20 bits per heavy atom. The van der Waals surface area contributed by atoms with Gasteiger partial charge in [0, 0.05) is 13.1 Å². The first-order valence-electron chi connectivity index (χ1n) is 6.86. The minimum atomic E-state index is -3.49. The Hall–Kier alpha value is -0.620. The van der Waals surface area contributed by atoms with Gasteiger partial charge < -0.3 is 5.32 Å². The van der Waals surface area contributed by atoms with Crippen LogP contribution in [0.3, 0.4) is 0 Å². The second-order valence-corrected chi connectivity index (χ2v) is 7.60. The zero-order valence-electron chi connectivity index (χ0n) is 11.9. The molecule has 0 bridgehead atoms. The average molecular weight is 317 g/mol. The molecule has 0 radical (unpaired) electrons. The third-order valence-corrected chi connectivity index (χ3v) is 6.27. The van der Waals surface area contributed by atoms with E-state index in [4.69, 9.17) is 11.6 Å². The predicted octanol–water partition coefficient (Wildman–Crippen LogP) is 2.27. The molecule has 0 aliphatic carbocycles. The fraction of sp³-hybridized carbons (Fsp3) is 0.571. The summed E-state index contributed by atoms with van der Waals surface area (Å²) in [4.78, 5) is 0.226. The van der Waals surface area contributed by atoms with Gasteiger partial charge in [0.05, 0.1) is 5.02 Å². The quantitative estimate of drug-likeness (QED) is 0.927. The molecule has 112 valence electrons. The van der Waals surface area contributed by atoms with Crippen molar-refractivity contribution in [3.8, 4) is 0 Å². The maximum atomic E-state index is 12.7. The van der Waals surface area contributed by atoms with E-state index >= 15 is 0 Å². The van der Waals surface area contributed by atoms with Crippen molar-refractivity contribution in [2.45, 2.75) is 24.7 Å². The zero-order valence-corrected chi connectivity index (χ0v) is 13.5. The average Bonchev–Trinajstić information content (AvgIpc) is 2.42. The van der Waals surface area contributed by atoms with E-state index in [1.54, 1.807) is 16.4 Å². The Labute approximate surface area is 126 Å². The molecular formula is C14H21ClN2O2S. The van der Waals surface area contributed by atoms with Gasteiger partial charge >= 0.3 is 0 Å². The van der Waals surface area contributed by atoms with E-state index in [1.807, 2.05) is 20.0 Å². The normalized spacial score (nSPS) is 21.1.